The lowest BCUT2D eigenvalue weighted by Crippen LogP contribution is -2.16. The zero-order valence-corrected chi connectivity index (χ0v) is 18.7. The second-order valence-electron chi connectivity index (χ2n) is 9.12. The topological polar surface area (TPSA) is 21.5 Å². The largest absolute Gasteiger partial charge is 0.275 e. The van der Waals surface area contributed by atoms with E-state index >= 15 is 0 Å². The Kier molecular flexibility index (Phi) is 3.13. The summed E-state index contributed by atoms with van der Waals surface area (Å²) >= 11 is 3.72. The molecule has 3 heteroatoms. The van der Waals surface area contributed by atoms with Crippen molar-refractivity contribution in [3.8, 4) is 11.1 Å². The number of halogens is 1. The van der Waals surface area contributed by atoms with Gasteiger partial charge in [-0.2, -0.15) is 0 Å². The Labute approximate surface area is 187 Å². The van der Waals surface area contributed by atoms with Gasteiger partial charge < -0.3 is 0 Å². The van der Waals surface area contributed by atoms with Gasteiger partial charge in [0.25, 0.3) is 5.56 Å². The molecule has 31 heavy (non-hydrogen) atoms. The molecule has 2 heterocycles. The Morgan fingerprint density at radius 3 is 2.19 bits per heavy atom. The third-order valence-corrected chi connectivity index (χ3v) is 7.64. The van der Waals surface area contributed by atoms with E-state index in [1.807, 2.05) is 22.6 Å². The Morgan fingerprint density at radius 1 is 0.710 bits per heavy atom. The van der Waals surface area contributed by atoms with Crippen molar-refractivity contribution in [2.24, 2.45) is 0 Å². The molecule has 0 aliphatic heterocycles. The van der Waals surface area contributed by atoms with E-state index in [-0.39, 0.29) is 11.0 Å². The van der Waals surface area contributed by atoms with Crippen LogP contribution in [0.25, 0.3) is 49.1 Å². The zero-order valence-electron chi connectivity index (χ0n) is 17.2. The highest BCUT2D eigenvalue weighted by molar-refractivity contribution is 9.10. The lowest BCUT2D eigenvalue weighted by atomic mass is 9.82. The summed E-state index contributed by atoms with van der Waals surface area (Å²) in [6.07, 6.45) is 0. The van der Waals surface area contributed by atoms with Crippen LogP contribution in [0, 0.1) is 0 Å². The summed E-state index contributed by atoms with van der Waals surface area (Å²) in [5.41, 5.74) is 7.16. The molecule has 0 bridgehead atoms. The van der Waals surface area contributed by atoms with Gasteiger partial charge in [0.1, 0.15) is 0 Å². The van der Waals surface area contributed by atoms with Crippen molar-refractivity contribution < 1.29 is 0 Å². The molecule has 4 aromatic carbocycles. The first-order valence-electron chi connectivity index (χ1n) is 10.5. The molecular weight excluding hydrogens is 446 g/mol. The standard InChI is InChI=1S/C28H18BrNO/c1-28(2)23-10-6-5-8-17(23)19-13-20-22-12-15(29)11-21-16-7-3-4-9-18(16)27(31)30(26(21)22)25(20)14-24(19)28/h3-14H,1-2H3. The van der Waals surface area contributed by atoms with Gasteiger partial charge in [0, 0.05) is 31.4 Å². The monoisotopic (exact) mass is 463 g/mol. The van der Waals surface area contributed by atoms with E-state index in [0.717, 1.165) is 42.4 Å². The first-order valence-corrected chi connectivity index (χ1v) is 11.3. The Morgan fingerprint density at radius 2 is 1.39 bits per heavy atom. The van der Waals surface area contributed by atoms with Crippen LogP contribution in [0.2, 0.25) is 0 Å². The predicted molar refractivity (Wildman–Crippen MR) is 133 cm³/mol. The van der Waals surface area contributed by atoms with Crippen LogP contribution in [-0.2, 0) is 5.41 Å². The van der Waals surface area contributed by atoms with Crippen molar-refractivity contribution in [2.45, 2.75) is 19.3 Å². The first kappa shape index (κ1) is 17.5. The fourth-order valence-electron chi connectivity index (χ4n) is 5.74. The number of fused-ring (bicyclic) bond motifs is 8. The Balaban J connectivity index is 1.78. The number of nitrogens with zero attached hydrogens (tertiary/aromatic N) is 1. The molecule has 0 N–H and O–H groups in total. The van der Waals surface area contributed by atoms with E-state index in [0.29, 0.717) is 0 Å². The molecule has 0 fully saturated rings. The molecule has 0 unspecified atom stereocenters. The van der Waals surface area contributed by atoms with Crippen LogP contribution in [0.1, 0.15) is 25.0 Å². The minimum absolute atomic E-state index is 0.0543. The third-order valence-electron chi connectivity index (χ3n) is 7.18. The van der Waals surface area contributed by atoms with Crippen molar-refractivity contribution in [1.29, 1.82) is 0 Å². The van der Waals surface area contributed by atoms with Crippen LogP contribution in [0.4, 0.5) is 0 Å². The molecule has 0 atom stereocenters. The van der Waals surface area contributed by atoms with Gasteiger partial charge in [-0.1, -0.05) is 72.2 Å². The normalized spacial score (nSPS) is 14.7. The van der Waals surface area contributed by atoms with Crippen LogP contribution >= 0.6 is 15.9 Å². The van der Waals surface area contributed by atoms with Gasteiger partial charge in [-0.15, -0.1) is 0 Å². The summed E-state index contributed by atoms with van der Waals surface area (Å²) in [6, 6.07) is 25.5. The van der Waals surface area contributed by atoms with Gasteiger partial charge >= 0.3 is 0 Å². The van der Waals surface area contributed by atoms with Gasteiger partial charge in [0.15, 0.2) is 0 Å². The molecule has 0 saturated carbocycles. The number of hydrogen-bond donors (Lipinski definition) is 0. The highest BCUT2D eigenvalue weighted by atomic mass is 79.9. The summed E-state index contributed by atoms with van der Waals surface area (Å²) in [4.78, 5) is 13.7. The van der Waals surface area contributed by atoms with Gasteiger partial charge in [0.2, 0.25) is 0 Å². The van der Waals surface area contributed by atoms with Crippen LogP contribution in [0.15, 0.2) is 82.1 Å². The lowest BCUT2D eigenvalue weighted by molar-refractivity contribution is 0.661. The maximum absolute atomic E-state index is 13.7. The summed E-state index contributed by atoms with van der Waals surface area (Å²) in [6.45, 7) is 4.56. The highest BCUT2D eigenvalue weighted by Gasteiger charge is 2.36. The van der Waals surface area contributed by atoms with Crippen molar-refractivity contribution in [3.63, 3.8) is 0 Å². The van der Waals surface area contributed by atoms with Crippen LogP contribution in [0.5, 0.6) is 0 Å². The summed E-state index contributed by atoms with van der Waals surface area (Å²) < 4.78 is 2.97. The van der Waals surface area contributed by atoms with E-state index in [4.69, 9.17) is 0 Å². The second kappa shape index (κ2) is 5.54. The van der Waals surface area contributed by atoms with Gasteiger partial charge in [0.05, 0.1) is 11.0 Å². The molecule has 0 radical (unpaired) electrons. The quantitative estimate of drug-likeness (QED) is 0.217. The average Bonchev–Trinajstić information content (AvgIpc) is 3.21. The third kappa shape index (κ3) is 2.01. The van der Waals surface area contributed by atoms with E-state index in [1.165, 1.54) is 22.3 Å². The number of hydrogen-bond acceptors (Lipinski definition) is 1. The smallest absolute Gasteiger partial charge is 0.263 e. The number of benzene rings is 4. The number of rotatable bonds is 0. The van der Waals surface area contributed by atoms with Gasteiger partial charge in [-0.25, -0.2) is 0 Å². The van der Waals surface area contributed by atoms with Crippen LogP contribution in [0.3, 0.4) is 0 Å². The van der Waals surface area contributed by atoms with Crippen molar-refractivity contribution in [2.75, 3.05) is 0 Å². The Bertz CT molecular complexity index is 1790. The van der Waals surface area contributed by atoms with Gasteiger partial charge in [-0.3, -0.25) is 9.20 Å². The molecular formula is C28H18BrNO. The van der Waals surface area contributed by atoms with Crippen LogP contribution < -0.4 is 5.56 Å². The highest BCUT2D eigenvalue weighted by Crippen LogP contribution is 2.50. The first-order chi connectivity index (χ1) is 15.0. The minimum atomic E-state index is -0.101. The van der Waals surface area contributed by atoms with Crippen molar-refractivity contribution in [1.82, 2.24) is 4.40 Å². The Hall–Kier alpha value is -3.17. The van der Waals surface area contributed by atoms with E-state index in [2.05, 4.69) is 84.4 Å². The van der Waals surface area contributed by atoms with Crippen molar-refractivity contribution in [3.05, 3.63) is 98.7 Å². The molecule has 1 aliphatic carbocycles. The molecule has 0 spiro atoms. The minimum Gasteiger partial charge on any atom is -0.275 e. The van der Waals surface area contributed by atoms with E-state index in [9.17, 15) is 4.79 Å². The van der Waals surface area contributed by atoms with Crippen molar-refractivity contribution >= 4 is 53.9 Å². The zero-order chi connectivity index (χ0) is 21.1. The average molecular weight is 464 g/mol. The fraction of sp³-hybridized carbons (Fsp3) is 0.107. The van der Waals surface area contributed by atoms with Gasteiger partial charge in [-0.05, 0) is 58.0 Å². The molecule has 1 aliphatic rings. The molecule has 2 aromatic heterocycles. The summed E-state index contributed by atoms with van der Waals surface area (Å²) in [5, 5.41) is 5.12. The molecule has 6 aromatic rings. The van der Waals surface area contributed by atoms with E-state index in [1.54, 1.807) is 0 Å². The molecule has 148 valence electrons. The number of pyridine rings is 1. The molecule has 2 nitrogen and oxygen atoms in total. The lowest BCUT2D eigenvalue weighted by Gasteiger charge is -2.21. The second-order valence-corrected chi connectivity index (χ2v) is 10.0. The molecule has 0 amide bonds. The summed E-state index contributed by atoms with van der Waals surface area (Å²) in [5.74, 6) is 0. The fourth-order valence-corrected chi connectivity index (χ4v) is 6.20. The molecule has 0 saturated heterocycles. The molecule has 7 rings (SSSR count). The maximum atomic E-state index is 13.7. The summed E-state index contributed by atoms with van der Waals surface area (Å²) in [7, 11) is 0. The predicted octanol–water partition coefficient (Wildman–Crippen LogP) is 7.27. The SMILES string of the molecule is CC1(C)c2ccccc2-c2cc3c4cc(Br)cc5c6ccccc6c(=O)n(c3cc21)c54. The maximum Gasteiger partial charge on any atom is 0.263 e. The van der Waals surface area contributed by atoms with E-state index < -0.39 is 0 Å². The number of aromatic nitrogens is 1. The van der Waals surface area contributed by atoms with Crippen LogP contribution in [-0.4, -0.2) is 4.40 Å².